The highest BCUT2D eigenvalue weighted by Crippen LogP contribution is 2.24. The zero-order chi connectivity index (χ0) is 16.0. The summed E-state index contributed by atoms with van der Waals surface area (Å²) in [5, 5.41) is 0. The first kappa shape index (κ1) is 17.6. The molecular weight excluding hydrogens is 267 g/mol. The van der Waals surface area contributed by atoms with Gasteiger partial charge in [0, 0.05) is 19.0 Å². The van der Waals surface area contributed by atoms with E-state index < -0.39 is 0 Å². The van der Waals surface area contributed by atoms with Crippen molar-refractivity contribution in [2.45, 2.75) is 39.7 Å². The molecule has 0 aliphatic carbocycles. The summed E-state index contributed by atoms with van der Waals surface area (Å²) in [7, 11) is 1.72. The Morgan fingerprint density at radius 2 is 1.90 bits per heavy atom. The summed E-state index contributed by atoms with van der Waals surface area (Å²) < 4.78 is 13.8. The van der Waals surface area contributed by atoms with E-state index in [1.165, 1.54) is 6.07 Å². The molecule has 1 aromatic rings. The molecule has 0 saturated carbocycles. The van der Waals surface area contributed by atoms with E-state index in [-0.39, 0.29) is 23.7 Å². The summed E-state index contributed by atoms with van der Waals surface area (Å²) in [4.78, 5) is 14.0. The van der Waals surface area contributed by atoms with E-state index in [0.29, 0.717) is 24.4 Å². The van der Waals surface area contributed by atoms with Gasteiger partial charge in [-0.05, 0) is 37.8 Å². The lowest BCUT2D eigenvalue weighted by Gasteiger charge is -2.27. The maximum atomic E-state index is 13.8. The molecule has 4 heteroatoms. The van der Waals surface area contributed by atoms with E-state index in [9.17, 15) is 9.18 Å². The first-order chi connectivity index (χ1) is 9.86. The van der Waals surface area contributed by atoms with Crippen molar-refractivity contribution in [3.05, 3.63) is 35.6 Å². The normalized spacial score (nSPS) is 14.0. The quantitative estimate of drug-likeness (QED) is 0.838. The lowest BCUT2D eigenvalue weighted by Crippen LogP contribution is -2.33. The average molecular weight is 294 g/mol. The summed E-state index contributed by atoms with van der Waals surface area (Å²) >= 11 is 0. The third-order valence-electron chi connectivity index (χ3n) is 3.93. The number of amides is 1. The second kappa shape index (κ2) is 8.13. The fourth-order valence-corrected chi connectivity index (χ4v) is 2.56. The molecule has 0 aliphatic heterocycles. The molecule has 0 aliphatic rings. The van der Waals surface area contributed by atoms with Gasteiger partial charge in [-0.25, -0.2) is 4.39 Å². The number of carbonyl (C=O) groups is 1. The summed E-state index contributed by atoms with van der Waals surface area (Å²) in [5.41, 5.74) is 6.29. The minimum absolute atomic E-state index is 0.0156. The number of halogens is 1. The Bertz CT molecular complexity index is 462. The number of nitrogens with zero attached hydrogens (tertiary/aromatic N) is 1. The zero-order valence-electron chi connectivity index (χ0n) is 13.5. The van der Waals surface area contributed by atoms with Crippen molar-refractivity contribution in [2.24, 2.45) is 17.6 Å². The van der Waals surface area contributed by atoms with Gasteiger partial charge in [-0.1, -0.05) is 32.0 Å². The maximum Gasteiger partial charge on any atom is 0.223 e. The third kappa shape index (κ3) is 5.12. The molecule has 0 fully saturated rings. The Morgan fingerprint density at radius 1 is 1.29 bits per heavy atom. The van der Waals surface area contributed by atoms with E-state index in [4.69, 9.17) is 5.73 Å². The molecule has 1 amide bonds. The summed E-state index contributed by atoms with van der Waals surface area (Å²) in [5.74, 6) is 0.442. The molecule has 0 bridgehead atoms. The van der Waals surface area contributed by atoms with Gasteiger partial charge in [0.05, 0.1) is 6.04 Å². The van der Waals surface area contributed by atoms with Crippen LogP contribution in [0.15, 0.2) is 24.3 Å². The molecular formula is C17H27FN2O. The molecule has 0 heterocycles. The van der Waals surface area contributed by atoms with E-state index in [1.807, 2.05) is 6.92 Å². The number of carbonyl (C=O) groups excluding carboxylic acids is 1. The minimum atomic E-state index is -0.281. The van der Waals surface area contributed by atoms with E-state index in [1.54, 1.807) is 30.1 Å². The lowest BCUT2D eigenvalue weighted by atomic mass is 9.93. The van der Waals surface area contributed by atoms with Crippen LogP contribution >= 0.6 is 0 Å². The van der Waals surface area contributed by atoms with Gasteiger partial charge in [-0.15, -0.1) is 0 Å². The number of benzene rings is 1. The molecule has 2 N–H and O–H groups in total. The van der Waals surface area contributed by atoms with Crippen LogP contribution < -0.4 is 5.73 Å². The second-order valence-electron chi connectivity index (χ2n) is 6.14. The molecule has 0 radical (unpaired) electrons. The minimum Gasteiger partial charge on any atom is -0.339 e. The highest BCUT2D eigenvalue weighted by Gasteiger charge is 2.22. The first-order valence-electron chi connectivity index (χ1n) is 7.56. The summed E-state index contributed by atoms with van der Waals surface area (Å²) in [6, 6.07) is 6.30. The van der Waals surface area contributed by atoms with Gasteiger partial charge in [0.15, 0.2) is 0 Å². The molecule has 118 valence electrons. The Kier molecular flexibility index (Phi) is 6.82. The van der Waals surface area contributed by atoms with Crippen molar-refractivity contribution < 1.29 is 9.18 Å². The number of nitrogens with two attached hydrogens (primary N) is 1. The van der Waals surface area contributed by atoms with Crippen LogP contribution in [-0.2, 0) is 4.79 Å². The van der Waals surface area contributed by atoms with Crippen LogP contribution in [0.3, 0.4) is 0 Å². The standard InChI is InChI=1S/C17H27FN2O/c1-12(2)9-14(11-19)10-17(21)20(4)13(3)15-7-5-6-8-16(15)18/h5-8,12-14H,9-11,19H2,1-4H3/t13?,14-/m0/s1. The van der Waals surface area contributed by atoms with Crippen molar-refractivity contribution in [1.29, 1.82) is 0 Å². The zero-order valence-corrected chi connectivity index (χ0v) is 13.5. The van der Waals surface area contributed by atoms with Crippen LogP contribution in [0.5, 0.6) is 0 Å². The molecule has 21 heavy (non-hydrogen) atoms. The molecule has 0 aromatic heterocycles. The van der Waals surface area contributed by atoms with Crippen molar-refractivity contribution in [3.8, 4) is 0 Å². The van der Waals surface area contributed by atoms with Gasteiger partial charge >= 0.3 is 0 Å². The lowest BCUT2D eigenvalue weighted by molar-refractivity contribution is -0.132. The van der Waals surface area contributed by atoms with E-state index in [2.05, 4.69) is 13.8 Å². The smallest absolute Gasteiger partial charge is 0.223 e. The Labute approximate surface area is 127 Å². The predicted molar refractivity (Wildman–Crippen MR) is 84.2 cm³/mol. The van der Waals surface area contributed by atoms with Crippen LogP contribution in [0, 0.1) is 17.7 Å². The average Bonchev–Trinajstić information content (AvgIpc) is 2.44. The highest BCUT2D eigenvalue weighted by atomic mass is 19.1. The van der Waals surface area contributed by atoms with Gasteiger partial charge in [-0.2, -0.15) is 0 Å². The first-order valence-corrected chi connectivity index (χ1v) is 7.56. The van der Waals surface area contributed by atoms with Crippen molar-refractivity contribution in [1.82, 2.24) is 4.90 Å². The molecule has 1 rings (SSSR count). The van der Waals surface area contributed by atoms with Gasteiger partial charge in [0.1, 0.15) is 5.82 Å². The van der Waals surface area contributed by atoms with Gasteiger partial charge in [-0.3, -0.25) is 4.79 Å². The second-order valence-corrected chi connectivity index (χ2v) is 6.14. The fourth-order valence-electron chi connectivity index (χ4n) is 2.56. The SMILES string of the molecule is CC(C)C[C@H](CN)CC(=O)N(C)C(C)c1ccccc1F. The van der Waals surface area contributed by atoms with Crippen molar-refractivity contribution in [2.75, 3.05) is 13.6 Å². The highest BCUT2D eigenvalue weighted by molar-refractivity contribution is 5.76. The van der Waals surface area contributed by atoms with Gasteiger partial charge in [0.25, 0.3) is 0 Å². The van der Waals surface area contributed by atoms with Crippen LogP contribution in [0.25, 0.3) is 0 Å². The van der Waals surface area contributed by atoms with E-state index in [0.717, 1.165) is 6.42 Å². The Hall–Kier alpha value is -1.42. The largest absolute Gasteiger partial charge is 0.339 e. The molecule has 1 unspecified atom stereocenters. The van der Waals surface area contributed by atoms with Crippen LogP contribution in [0.2, 0.25) is 0 Å². The van der Waals surface area contributed by atoms with Crippen molar-refractivity contribution in [3.63, 3.8) is 0 Å². The topological polar surface area (TPSA) is 46.3 Å². The number of hydrogen-bond acceptors (Lipinski definition) is 2. The fraction of sp³-hybridized carbons (Fsp3) is 0.588. The third-order valence-corrected chi connectivity index (χ3v) is 3.93. The number of rotatable bonds is 7. The monoisotopic (exact) mass is 294 g/mol. The van der Waals surface area contributed by atoms with E-state index >= 15 is 0 Å². The summed E-state index contributed by atoms with van der Waals surface area (Å²) in [6.07, 6.45) is 1.36. The molecule has 2 atom stereocenters. The maximum absolute atomic E-state index is 13.8. The van der Waals surface area contributed by atoms with Crippen LogP contribution in [0.1, 0.15) is 45.2 Å². The molecule has 1 aromatic carbocycles. The Balaban J connectivity index is 2.71. The predicted octanol–water partition coefficient (Wildman–Crippen LogP) is 3.36. The Morgan fingerprint density at radius 3 is 2.43 bits per heavy atom. The van der Waals surface area contributed by atoms with Crippen LogP contribution in [-0.4, -0.2) is 24.4 Å². The van der Waals surface area contributed by atoms with Gasteiger partial charge in [0.2, 0.25) is 5.91 Å². The summed E-state index contributed by atoms with van der Waals surface area (Å²) in [6.45, 7) is 6.60. The molecule has 0 saturated heterocycles. The molecule has 0 spiro atoms. The molecule has 3 nitrogen and oxygen atoms in total. The van der Waals surface area contributed by atoms with Gasteiger partial charge < -0.3 is 10.6 Å². The van der Waals surface area contributed by atoms with Crippen LogP contribution in [0.4, 0.5) is 4.39 Å². The van der Waals surface area contributed by atoms with Crippen molar-refractivity contribution >= 4 is 5.91 Å². The number of hydrogen-bond donors (Lipinski definition) is 1.